The number of rotatable bonds is 5. The number of hydrogen-bond donors (Lipinski definition) is 1. The van der Waals surface area contributed by atoms with Crippen molar-refractivity contribution in [2.24, 2.45) is 0 Å². The van der Waals surface area contributed by atoms with Crippen molar-refractivity contribution in [3.05, 3.63) is 47.2 Å². The van der Waals surface area contributed by atoms with Gasteiger partial charge in [-0.2, -0.15) is 0 Å². The summed E-state index contributed by atoms with van der Waals surface area (Å²) in [7, 11) is 0. The van der Waals surface area contributed by atoms with Crippen LogP contribution >= 0.6 is 11.6 Å². The van der Waals surface area contributed by atoms with Gasteiger partial charge in [-0.05, 0) is 30.3 Å². The molecule has 1 amide bonds. The Morgan fingerprint density at radius 3 is 2.76 bits per heavy atom. The van der Waals surface area contributed by atoms with E-state index < -0.39 is 5.82 Å². The van der Waals surface area contributed by atoms with Crippen LogP contribution in [0.1, 0.15) is 12.8 Å². The zero-order valence-electron chi connectivity index (χ0n) is 13.4. The van der Waals surface area contributed by atoms with E-state index in [1.54, 1.807) is 18.2 Å². The van der Waals surface area contributed by atoms with Gasteiger partial charge in [0.2, 0.25) is 5.91 Å². The van der Waals surface area contributed by atoms with Crippen LogP contribution in [-0.4, -0.2) is 25.7 Å². The molecule has 0 unspecified atom stereocenters. The molecule has 5 nitrogen and oxygen atoms in total. The zero-order valence-corrected chi connectivity index (χ0v) is 14.1. The maximum absolute atomic E-state index is 13.0. The Morgan fingerprint density at radius 1 is 1.16 bits per heavy atom. The number of anilines is 1. The zero-order chi connectivity index (χ0) is 17.6. The Labute approximate surface area is 149 Å². The summed E-state index contributed by atoms with van der Waals surface area (Å²) in [5, 5.41) is 2.94. The Hall–Kier alpha value is -2.47. The minimum atomic E-state index is -0.440. The van der Waals surface area contributed by atoms with E-state index in [0.717, 1.165) is 12.5 Å². The normalized spacial score (nSPS) is 13.0. The van der Waals surface area contributed by atoms with Gasteiger partial charge >= 0.3 is 0 Å². The highest BCUT2D eigenvalue weighted by Gasteiger charge is 2.12. The van der Waals surface area contributed by atoms with Crippen molar-refractivity contribution in [2.45, 2.75) is 12.8 Å². The smallest absolute Gasteiger partial charge is 0.227 e. The van der Waals surface area contributed by atoms with Crippen LogP contribution in [-0.2, 0) is 4.79 Å². The molecule has 2 aromatic carbocycles. The second kappa shape index (κ2) is 8.07. The van der Waals surface area contributed by atoms with E-state index in [-0.39, 0.29) is 24.0 Å². The van der Waals surface area contributed by atoms with Crippen molar-refractivity contribution in [2.75, 3.05) is 25.1 Å². The van der Waals surface area contributed by atoms with Crippen LogP contribution in [0.2, 0.25) is 5.02 Å². The summed E-state index contributed by atoms with van der Waals surface area (Å²) < 4.78 is 29.5. The summed E-state index contributed by atoms with van der Waals surface area (Å²) in [4.78, 5) is 12.0. The second-order valence-corrected chi connectivity index (χ2v) is 5.84. The molecule has 132 valence electrons. The Bertz CT molecular complexity index is 769. The van der Waals surface area contributed by atoms with Crippen LogP contribution in [0.3, 0.4) is 0 Å². The first-order valence-electron chi connectivity index (χ1n) is 7.89. The van der Waals surface area contributed by atoms with Crippen molar-refractivity contribution >= 4 is 23.2 Å². The number of amides is 1. The molecule has 0 spiro atoms. The molecule has 0 bridgehead atoms. The van der Waals surface area contributed by atoms with Crippen molar-refractivity contribution in [3.63, 3.8) is 0 Å². The predicted octanol–water partition coefficient (Wildman–Crippen LogP) is 4.05. The molecule has 0 radical (unpaired) electrons. The van der Waals surface area contributed by atoms with Gasteiger partial charge in [0.15, 0.2) is 11.5 Å². The maximum Gasteiger partial charge on any atom is 0.227 e. The van der Waals surface area contributed by atoms with Gasteiger partial charge in [0.25, 0.3) is 0 Å². The van der Waals surface area contributed by atoms with Crippen molar-refractivity contribution < 1.29 is 23.4 Å². The number of carbonyl (C=O) groups excluding carboxylic acids is 1. The molecule has 0 fully saturated rings. The summed E-state index contributed by atoms with van der Waals surface area (Å²) in [6, 6.07) is 9.09. The first kappa shape index (κ1) is 17.4. The Kier molecular flexibility index (Phi) is 5.60. The van der Waals surface area contributed by atoms with Crippen LogP contribution in [0.15, 0.2) is 36.4 Å². The van der Waals surface area contributed by atoms with E-state index in [9.17, 15) is 9.18 Å². The standard InChI is InChI=1S/C18H17ClFNO4/c19-14-10-12(20)2-4-15(14)25-9-6-18(22)21-13-3-5-16-17(11-13)24-8-1-7-23-16/h2-5,10-11H,1,6-9H2,(H,21,22). The van der Waals surface area contributed by atoms with Crippen LogP contribution in [0.4, 0.5) is 10.1 Å². The minimum absolute atomic E-state index is 0.127. The van der Waals surface area contributed by atoms with Crippen LogP contribution in [0, 0.1) is 5.82 Å². The van der Waals surface area contributed by atoms with Crippen LogP contribution in [0.25, 0.3) is 0 Å². The van der Waals surface area contributed by atoms with Gasteiger partial charge in [-0.1, -0.05) is 11.6 Å². The highest BCUT2D eigenvalue weighted by Crippen LogP contribution is 2.32. The van der Waals surface area contributed by atoms with Gasteiger partial charge in [-0.15, -0.1) is 0 Å². The average Bonchev–Trinajstić information content (AvgIpc) is 2.82. The summed E-state index contributed by atoms with van der Waals surface area (Å²) in [5.41, 5.74) is 0.620. The molecule has 2 aromatic rings. The van der Waals surface area contributed by atoms with Crippen LogP contribution < -0.4 is 19.5 Å². The molecule has 0 atom stereocenters. The first-order chi connectivity index (χ1) is 12.1. The molecule has 0 saturated carbocycles. The Morgan fingerprint density at radius 2 is 1.96 bits per heavy atom. The summed E-state index contributed by atoms with van der Waals surface area (Å²) in [6.45, 7) is 1.32. The maximum atomic E-state index is 13.0. The molecule has 0 aromatic heterocycles. The van der Waals surface area contributed by atoms with Crippen molar-refractivity contribution in [1.29, 1.82) is 0 Å². The molecule has 1 N–H and O–H groups in total. The number of carbonyl (C=O) groups is 1. The highest BCUT2D eigenvalue weighted by atomic mass is 35.5. The number of hydrogen-bond acceptors (Lipinski definition) is 4. The SMILES string of the molecule is O=C(CCOc1ccc(F)cc1Cl)Nc1ccc2c(c1)OCCCO2. The number of ether oxygens (including phenoxy) is 3. The molecule has 1 heterocycles. The third-order valence-corrected chi connectivity index (χ3v) is 3.81. The van der Waals surface area contributed by atoms with E-state index >= 15 is 0 Å². The molecule has 7 heteroatoms. The van der Waals surface area contributed by atoms with E-state index in [2.05, 4.69) is 5.32 Å². The average molecular weight is 366 g/mol. The number of benzene rings is 2. The molecule has 1 aliphatic rings. The number of halogens is 2. The molecular weight excluding hydrogens is 349 g/mol. The second-order valence-electron chi connectivity index (χ2n) is 5.43. The van der Waals surface area contributed by atoms with Gasteiger partial charge < -0.3 is 19.5 Å². The highest BCUT2D eigenvalue weighted by molar-refractivity contribution is 6.32. The lowest BCUT2D eigenvalue weighted by Crippen LogP contribution is -2.15. The van der Waals surface area contributed by atoms with Crippen molar-refractivity contribution in [1.82, 2.24) is 0 Å². The summed E-state index contributed by atoms with van der Waals surface area (Å²) >= 11 is 5.86. The number of nitrogens with one attached hydrogen (secondary N) is 1. The van der Waals surface area contributed by atoms with Gasteiger partial charge in [0.1, 0.15) is 11.6 Å². The molecule has 0 aliphatic carbocycles. The van der Waals surface area contributed by atoms with Gasteiger partial charge in [0, 0.05) is 18.2 Å². The van der Waals surface area contributed by atoms with E-state index in [4.69, 9.17) is 25.8 Å². The minimum Gasteiger partial charge on any atom is -0.491 e. The van der Waals surface area contributed by atoms with Gasteiger partial charge in [0.05, 0.1) is 31.3 Å². The topological polar surface area (TPSA) is 56.8 Å². The summed E-state index contributed by atoms with van der Waals surface area (Å²) in [6.07, 6.45) is 0.946. The predicted molar refractivity (Wildman–Crippen MR) is 92.2 cm³/mol. The fraction of sp³-hybridized carbons (Fsp3) is 0.278. The van der Waals surface area contributed by atoms with Gasteiger partial charge in [-0.25, -0.2) is 4.39 Å². The molecule has 0 saturated heterocycles. The Balaban J connectivity index is 1.51. The lowest BCUT2D eigenvalue weighted by molar-refractivity contribution is -0.116. The fourth-order valence-corrected chi connectivity index (χ4v) is 2.53. The monoisotopic (exact) mass is 365 g/mol. The summed E-state index contributed by atoms with van der Waals surface area (Å²) in [5.74, 6) is 0.970. The number of fused-ring (bicyclic) bond motifs is 1. The molecule has 1 aliphatic heterocycles. The van der Waals surface area contributed by atoms with Crippen LogP contribution in [0.5, 0.6) is 17.2 Å². The lowest BCUT2D eigenvalue weighted by atomic mass is 10.2. The largest absolute Gasteiger partial charge is 0.491 e. The van der Waals surface area contributed by atoms with Gasteiger partial charge in [-0.3, -0.25) is 4.79 Å². The third kappa shape index (κ3) is 4.76. The molecular formula is C18H17ClFNO4. The van der Waals surface area contributed by atoms with E-state index in [1.165, 1.54) is 12.1 Å². The third-order valence-electron chi connectivity index (χ3n) is 3.51. The molecule has 25 heavy (non-hydrogen) atoms. The first-order valence-corrected chi connectivity index (χ1v) is 8.27. The fourth-order valence-electron chi connectivity index (χ4n) is 2.31. The van der Waals surface area contributed by atoms with Crippen molar-refractivity contribution in [3.8, 4) is 17.2 Å². The lowest BCUT2D eigenvalue weighted by Gasteiger charge is -2.11. The molecule has 3 rings (SSSR count). The quantitative estimate of drug-likeness (QED) is 0.868. The van der Waals surface area contributed by atoms with E-state index in [0.29, 0.717) is 36.1 Å². The van der Waals surface area contributed by atoms with E-state index in [1.807, 2.05) is 0 Å².